The average molecular weight is 429 g/mol. The van der Waals surface area contributed by atoms with Crippen molar-refractivity contribution in [3.8, 4) is 16.9 Å². The molecule has 0 unspecified atom stereocenters. The number of nitro groups is 1. The number of amides is 1. The fraction of sp³-hybridized carbons (Fsp3) is 0.0833. The zero-order valence-electron chi connectivity index (χ0n) is 17.4. The number of aromatic nitrogens is 1. The summed E-state index contributed by atoms with van der Waals surface area (Å²) in [5, 5.41) is 14.2. The standard InChI is InChI=1S/C24H19N3O5/c1-26-19-9-5-3-7-17(19)22(28)21(18-8-4-6-10-20(18)32-2)23(26)25-24(29)15-11-13-16(14-12-15)27(30)31/h3-14H,1-2H3,(H,25,29). The predicted octanol–water partition coefficient (Wildman–Crippen LogP) is 4.37. The van der Waals surface area contributed by atoms with Gasteiger partial charge in [0.25, 0.3) is 11.6 Å². The quantitative estimate of drug-likeness (QED) is 0.375. The van der Waals surface area contributed by atoms with E-state index in [1.54, 1.807) is 54.1 Å². The minimum absolute atomic E-state index is 0.116. The summed E-state index contributed by atoms with van der Waals surface area (Å²) >= 11 is 0. The molecule has 0 radical (unpaired) electrons. The van der Waals surface area contributed by atoms with E-state index in [1.807, 2.05) is 6.07 Å². The maximum Gasteiger partial charge on any atom is 0.269 e. The molecule has 4 rings (SSSR count). The second-order valence-corrected chi connectivity index (χ2v) is 7.09. The Labute approximate surface area is 182 Å². The number of anilines is 1. The summed E-state index contributed by atoms with van der Waals surface area (Å²) in [5.74, 6) is 0.286. The van der Waals surface area contributed by atoms with Gasteiger partial charge in [-0.3, -0.25) is 19.7 Å². The normalized spacial score (nSPS) is 10.7. The van der Waals surface area contributed by atoms with Crippen LogP contribution in [0.5, 0.6) is 5.75 Å². The number of hydrogen-bond donors (Lipinski definition) is 1. The minimum atomic E-state index is -0.533. The van der Waals surface area contributed by atoms with Crippen molar-refractivity contribution in [3.63, 3.8) is 0 Å². The molecule has 0 aliphatic carbocycles. The van der Waals surface area contributed by atoms with E-state index in [1.165, 1.54) is 31.4 Å². The second-order valence-electron chi connectivity index (χ2n) is 7.09. The van der Waals surface area contributed by atoms with Crippen molar-refractivity contribution in [1.82, 2.24) is 4.57 Å². The topological polar surface area (TPSA) is 103 Å². The van der Waals surface area contributed by atoms with E-state index in [0.717, 1.165) is 0 Å². The molecule has 1 amide bonds. The molecule has 4 aromatic rings. The Morgan fingerprint density at radius 2 is 1.66 bits per heavy atom. The Bertz CT molecular complexity index is 1410. The first kappa shape index (κ1) is 20.8. The predicted molar refractivity (Wildman–Crippen MR) is 122 cm³/mol. The van der Waals surface area contributed by atoms with Crippen LogP contribution < -0.4 is 15.5 Å². The number of rotatable bonds is 5. The van der Waals surface area contributed by atoms with Crippen molar-refractivity contribution in [2.45, 2.75) is 0 Å². The minimum Gasteiger partial charge on any atom is -0.496 e. The lowest BCUT2D eigenvalue weighted by Gasteiger charge is -2.19. The zero-order valence-corrected chi connectivity index (χ0v) is 17.4. The third kappa shape index (κ3) is 3.58. The van der Waals surface area contributed by atoms with E-state index in [0.29, 0.717) is 33.6 Å². The summed E-state index contributed by atoms with van der Waals surface area (Å²) in [7, 11) is 3.27. The third-order valence-electron chi connectivity index (χ3n) is 5.26. The number of ether oxygens (including phenoxy) is 1. The number of aryl methyl sites for hydroxylation is 1. The molecule has 0 saturated carbocycles. The van der Waals surface area contributed by atoms with Crippen LogP contribution in [0.3, 0.4) is 0 Å². The van der Waals surface area contributed by atoms with Gasteiger partial charge >= 0.3 is 0 Å². The van der Waals surface area contributed by atoms with Gasteiger partial charge in [-0.1, -0.05) is 30.3 Å². The number of nitrogens with zero attached hydrogens (tertiary/aromatic N) is 2. The maximum absolute atomic E-state index is 13.5. The highest BCUT2D eigenvalue weighted by Gasteiger charge is 2.21. The fourth-order valence-electron chi connectivity index (χ4n) is 3.65. The summed E-state index contributed by atoms with van der Waals surface area (Å²) < 4.78 is 7.20. The van der Waals surface area contributed by atoms with Gasteiger partial charge in [0, 0.05) is 35.7 Å². The molecular weight excluding hydrogens is 410 g/mol. The van der Waals surface area contributed by atoms with E-state index in [-0.39, 0.29) is 16.7 Å². The molecule has 32 heavy (non-hydrogen) atoms. The molecule has 0 aliphatic rings. The van der Waals surface area contributed by atoms with E-state index in [4.69, 9.17) is 4.74 Å². The summed E-state index contributed by atoms with van der Waals surface area (Å²) in [4.78, 5) is 36.9. The van der Waals surface area contributed by atoms with Crippen molar-refractivity contribution in [3.05, 3.63) is 98.7 Å². The zero-order chi connectivity index (χ0) is 22.8. The van der Waals surface area contributed by atoms with Gasteiger partial charge in [-0.25, -0.2) is 0 Å². The number of carbonyl (C=O) groups is 1. The van der Waals surface area contributed by atoms with Gasteiger partial charge in [0.05, 0.1) is 23.1 Å². The smallest absolute Gasteiger partial charge is 0.269 e. The SMILES string of the molecule is COc1ccccc1-c1c(NC(=O)c2ccc([N+](=O)[O-])cc2)n(C)c2ccccc2c1=O. The summed E-state index contributed by atoms with van der Waals surface area (Å²) in [6.45, 7) is 0. The first-order valence-corrected chi connectivity index (χ1v) is 9.73. The van der Waals surface area contributed by atoms with Crippen LogP contribution in [-0.2, 0) is 7.05 Å². The van der Waals surface area contributed by atoms with E-state index in [2.05, 4.69) is 5.32 Å². The van der Waals surface area contributed by atoms with Crippen LogP contribution >= 0.6 is 0 Å². The number of carbonyl (C=O) groups excluding carboxylic acids is 1. The largest absolute Gasteiger partial charge is 0.496 e. The third-order valence-corrected chi connectivity index (χ3v) is 5.26. The maximum atomic E-state index is 13.5. The Kier molecular flexibility index (Phi) is 5.43. The molecule has 0 bridgehead atoms. The Balaban J connectivity index is 1.91. The molecule has 1 heterocycles. The van der Waals surface area contributed by atoms with Gasteiger partial charge in [0.15, 0.2) is 5.43 Å². The lowest BCUT2D eigenvalue weighted by molar-refractivity contribution is -0.384. The van der Waals surface area contributed by atoms with Gasteiger partial charge in [-0.2, -0.15) is 0 Å². The van der Waals surface area contributed by atoms with Crippen LogP contribution in [0.15, 0.2) is 77.6 Å². The summed E-state index contributed by atoms with van der Waals surface area (Å²) in [6, 6.07) is 19.5. The van der Waals surface area contributed by atoms with Crippen molar-refractivity contribution in [2.75, 3.05) is 12.4 Å². The van der Waals surface area contributed by atoms with Crippen LogP contribution in [-0.4, -0.2) is 22.5 Å². The van der Waals surface area contributed by atoms with Crippen molar-refractivity contribution >= 4 is 28.3 Å². The van der Waals surface area contributed by atoms with E-state index < -0.39 is 10.8 Å². The van der Waals surface area contributed by atoms with Crippen LogP contribution in [0.1, 0.15) is 10.4 Å². The Hall–Kier alpha value is -4.46. The lowest BCUT2D eigenvalue weighted by Crippen LogP contribution is -2.21. The second kappa shape index (κ2) is 8.35. The highest BCUT2D eigenvalue weighted by molar-refractivity contribution is 6.07. The summed E-state index contributed by atoms with van der Waals surface area (Å²) in [5.41, 5.74) is 1.34. The molecule has 0 spiro atoms. The molecule has 8 nitrogen and oxygen atoms in total. The number of nitrogens with one attached hydrogen (secondary N) is 1. The van der Waals surface area contributed by atoms with Gasteiger partial charge in [0.1, 0.15) is 11.6 Å². The van der Waals surface area contributed by atoms with E-state index >= 15 is 0 Å². The number of para-hydroxylation sites is 2. The van der Waals surface area contributed by atoms with Gasteiger partial charge in [-0.05, 0) is 30.3 Å². The molecule has 160 valence electrons. The number of non-ortho nitro benzene ring substituents is 1. The molecule has 8 heteroatoms. The first-order chi connectivity index (χ1) is 15.4. The summed E-state index contributed by atoms with van der Waals surface area (Å²) in [6.07, 6.45) is 0. The van der Waals surface area contributed by atoms with Crippen molar-refractivity contribution < 1.29 is 14.5 Å². The van der Waals surface area contributed by atoms with Crippen LogP contribution in [0.25, 0.3) is 22.0 Å². The lowest BCUT2D eigenvalue weighted by atomic mass is 10.0. The van der Waals surface area contributed by atoms with Crippen molar-refractivity contribution in [1.29, 1.82) is 0 Å². The highest BCUT2D eigenvalue weighted by Crippen LogP contribution is 2.34. The fourth-order valence-corrected chi connectivity index (χ4v) is 3.65. The molecule has 0 fully saturated rings. The molecule has 1 aromatic heterocycles. The van der Waals surface area contributed by atoms with Gasteiger partial charge in [0.2, 0.25) is 0 Å². The first-order valence-electron chi connectivity index (χ1n) is 9.73. The highest BCUT2D eigenvalue weighted by atomic mass is 16.6. The molecule has 3 aromatic carbocycles. The van der Waals surface area contributed by atoms with Crippen LogP contribution in [0, 0.1) is 10.1 Å². The van der Waals surface area contributed by atoms with Crippen LogP contribution in [0.4, 0.5) is 11.5 Å². The number of benzene rings is 3. The number of hydrogen-bond acceptors (Lipinski definition) is 5. The van der Waals surface area contributed by atoms with E-state index in [9.17, 15) is 19.7 Å². The molecule has 1 N–H and O–H groups in total. The van der Waals surface area contributed by atoms with Gasteiger partial charge < -0.3 is 14.6 Å². The number of fused-ring (bicyclic) bond motifs is 1. The molecular formula is C24H19N3O5. The molecule has 0 aliphatic heterocycles. The van der Waals surface area contributed by atoms with Crippen LogP contribution in [0.2, 0.25) is 0 Å². The average Bonchev–Trinajstić information content (AvgIpc) is 2.82. The number of pyridine rings is 1. The number of methoxy groups -OCH3 is 1. The van der Waals surface area contributed by atoms with Gasteiger partial charge in [-0.15, -0.1) is 0 Å². The monoisotopic (exact) mass is 429 g/mol. The Morgan fingerprint density at radius 1 is 1.00 bits per heavy atom. The molecule has 0 atom stereocenters. The Morgan fingerprint density at radius 3 is 2.34 bits per heavy atom. The number of nitro benzene ring substituents is 1. The molecule has 0 saturated heterocycles. The van der Waals surface area contributed by atoms with Crippen molar-refractivity contribution in [2.24, 2.45) is 7.05 Å².